The molecule has 132 valence electrons. The topological polar surface area (TPSA) is 56.8 Å². The summed E-state index contributed by atoms with van der Waals surface area (Å²) in [6.07, 6.45) is 1.44. The molecule has 0 bridgehead atoms. The molecular formula is C20H23NO4. The molecule has 25 heavy (non-hydrogen) atoms. The molecule has 1 fully saturated rings. The highest BCUT2D eigenvalue weighted by molar-refractivity contribution is 5.96. The van der Waals surface area contributed by atoms with Gasteiger partial charge in [0.1, 0.15) is 22.7 Å². The van der Waals surface area contributed by atoms with Crippen molar-refractivity contribution in [2.75, 3.05) is 27.3 Å². The molecule has 0 radical (unpaired) electrons. The maximum absolute atomic E-state index is 13.0. The van der Waals surface area contributed by atoms with E-state index >= 15 is 0 Å². The van der Waals surface area contributed by atoms with Gasteiger partial charge in [0.15, 0.2) is 0 Å². The van der Waals surface area contributed by atoms with Crippen LogP contribution in [0.25, 0.3) is 0 Å². The highest BCUT2D eigenvalue weighted by Gasteiger charge is 2.39. The summed E-state index contributed by atoms with van der Waals surface area (Å²) in [5.74, 6) is 0.461. The van der Waals surface area contributed by atoms with Crippen LogP contribution >= 0.6 is 0 Å². The van der Waals surface area contributed by atoms with E-state index in [0.717, 1.165) is 31.5 Å². The molecule has 5 heteroatoms. The van der Waals surface area contributed by atoms with Gasteiger partial charge in [-0.2, -0.15) is 0 Å². The minimum Gasteiger partial charge on any atom is -0.496 e. The molecule has 3 rings (SSSR count). The Morgan fingerprint density at radius 2 is 1.52 bits per heavy atom. The number of methoxy groups -OCH3 is 2. The smallest absolute Gasteiger partial charge is 0.346 e. The first-order chi connectivity index (χ1) is 12.2. The Labute approximate surface area is 147 Å². The minimum absolute atomic E-state index is 0.321. The van der Waals surface area contributed by atoms with E-state index < -0.39 is 11.6 Å². The third-order valence-electron chi connectivity index (χ3n) is 4.63. The minimum atomic E-state index is -0.643. The zero-order valence-corrected chi connectivity index (χ0v) is 14.6. The Bertz CT molecular complexity index is 701. The molecule has 5 nitrogen and oxygen atoms in total. The van der Waals surface area contributed by atoms with Gasteiger partial charge in [0.2, 0.25) is 0 Å². The molecule has 1 heterocycles. The van der Waals surface area contributed by atoms with Crippen LogP contribution in [-0.2, 0) is 10.3 Å². The molecule has 2 aromatic carbocycles. The first-order valence-electron chi connectivity index (χ1n) is 8.41. The van der Waals surface area contributed by atoms with Gasteiger partial charge in [-0.05, 0) is 30.8 Å². The number of nitrogens with one attached hydrogen (secondary N) is 1. The fourth-order valence-corrected chi connectivity index (χ4v) is 3.30. The van der Waals surface area contributed by atoms with E-state index in [-0.39, 0.29) is 0 Å². The zero-order chi connectivity index (χ0) is 17.7. The van der Waals surface area contributed by atoms with Crippen LogP contribution in [0, 0.1) is 0 Å². The molecular weight excluding hydrogens is 318 g/mol. The molecule has 0 unspecified atom stereocenters. The lowest BCUT2D eigenvalue weighted by molar-refractivity contribution is -0.0382. The van der Waals surface area contributed by atoms with Gasteiger partial charge in [-0.15, -0.1) is 0 Å². The molecule has 0 saturated carbocycles. The average molecular weight is 341 g/mol. The van der Waals surface area contributed by atoms with Gasteiger partial charge in [0.25, 0.3) is 0 Å². The molecule has 2 aromatic rings. The number of ether oxygens (including phenoxy) is 3. The quantitative estimate of drug-likeness (QED) is 0.847. The van der Waals surface area contributed by atoms with Gasteiger partial charge < -0.3 is 19.5 Å². The van der Waals surface area contributed by atoms with Crippen LogP contribution in [-0.4, -0.2) is 33.3 Å². The van der Waals surface area contributed by atoms with Crippen LogP contribution in [0.5, 0.6) is 11.5 Å². The van der Waals surface area contributed by atoms with Crippen LogP contribution in [0.1, 0.15) is 28.8 Å². The number of piperidine rings is 1. The lowest BCUT2D eigenvalue weighted by Crippen LogP contribution is -2.43. The second-order valence-electron chi connectivity index (χ2n) is 6.04. The van der Waals surface area contributed by atoms with Gasteiger partial charge in [0.05, 0.1) is 14.2 Å². The van der Waals surface area contributed by atoms with Crippen LogP contribution in [0.3, 0.4) is 0 Å². The van der Waals surface area contributed by atoms with E-state index in [4.69, 9.17) is 14.2 Å². The Balaban J connectivity index is 1.97. The number of carbonyl (C=O) groups excluding carboxylic acids is 1. The van der Waals surface area contributed by atoms with Crippen molar-refractivity contribution in [1.82, 2.24) is 5.32 Å². The van der Waals surface area contributed by atoms with Crippen molar-refractivity contribution in [3.8, 4) is 11.5 Å². The third-order valence-corrected chi connectivity index (χ3v) is 4.63. The van der Waals surface area contributed by atoms with Crippen LogP contribution in [0.15, 0.2) is 48.5 Å². The van der Waals surface area contributed by atoms with Crippen LogP contribution < -0.4 is 14.8 Å². The van der Waals surface area contributed by atoms with Gasteiger partial charge in [-0.3, -0.25) is 0 Å². The van der Waals surface area contributed by atoms with E-state index in [2.05, 4.69) is 5.32 Å². The van der Waals surface area contributed by atoms with Crippen molar-refractivity contribution >= 4 is 5.97 Å². The predicted octanol–water partition coefficient (Wildman–Crippen LogP) is 3.14. The summed E-state index contributed by atoms with van der Waals surface area (Å²) in [5.41, 5.74) is 0.690. The number of hydrogen-bond donors (Lipinski definition) is 1. The highest BCUT2D eigenvalue weighted by atomic mass is 16.6. The normalized spacial score (nSPS) is 16.1. The SMILES string of the molecule is COc1cccc(OC)c1C(=O)OC1(c2ccccc2)CCNCC1. The third kappa shape index (κ3) is 3.46. The number of hydrogen-bond acceptors (Lipinski definition) is 5. The van der Waals surface area contributed by atoms with Crippen molar-refractivity contribution in [2.45, 2.75) is 18.4 Å². The van der Waals surface area contributed by atoms with Crippen LogP contribution in [0.4, 0.5) is 0 Å². The first kappa shape index (κ1) is 17.3. The Morgan fingerprint density at radius 1 is 0.920 bits per heavy atom. The Morgan fingerprint density at radius 3 is 2.08 bits per heavy atom. The number of rotatable bonds is 5. The van der Waals surface area contributed by atoms with Gasteiger partial charge in [0, 0.05) is 12.8 Å². The van der Waals surface area contributed by atoms with Gasteiger partial charge >= 0.3 is 5.97 Å². The largest absolute Gasteiger partial charge is 0.496 e. The van der Waals surface area contributed by atoms with Crippen LogP contribution in [0.2, 0.25) is 0 Å². The molecule has 0 aromatic heterocycles. The van der Waals surface area contributed by atoms with Gasteiger partial charge in [-0.25, -0.2) is 4.79 Å². The number of esters is 1. The lowest BCUT2D eigenvalue weighted by Gasteiger charge is -2.37. The lowest BCUT2D eigenvalue weighted by atomic mass is 9.84. The fraction of sp³-hybridized carbons (Fsp3) is 0.350. The number of benzene rings is 2. The Hall–Kier alpha value is -2.53. The Kier molecular flexibility index (Phi) is 5.24. The van der Waals surface area contributed by atoms with E-state index in [1.54, 1.807) is 18.2 Å². The molecule has 1 N–H and O–H groups in total. The molecule has 0 spiro atoms. The van der Waals surface area contributed by atoms with E-state index in [0.29, 0.717) is 17.1 Å². The molecule has 1 aliphatic rings. The molecule has 0 aliphatic carbocycles. The maximum atomic E-state index is 13.0. The summed E-state index contributed by atoms with van der Waals surface area (Å²) in [7, 11) is 3.06. The maximum Gasteiger partial charge on any atom is 0.346 e. The van der Waals surface area contributed by atoms with Crippen molar-refractivity contribution in [3.63, 3.8) is 0 Å². The van der Waals surface area contributed by atoms with Gasteiger partial charge in [-0.1, -0.05) is 36.4 Å². The summed E-state index contributed by atoms with van der Waals surface area (Å²) in [6.45, 7) is 1.59. The summed E-state index contributed by atoms with van der Waals surface area (Å²) in [5, 5.41) is 3.33. The highest BCUT2D eigenvalue weighted by Crippen LogP contribution is 2.38. The predicted molar refractivity (Wildman–Crippen MR) is 95.2 cm³/mol. The standard InChI is InChI=1S/C20H23NO4/c1-23-16-9-6-10-17(24-2)18(16)19(22)25-20(11-13-21-14-12-20)15-7-4-3-5-8-15/h3-10,21H,11-14H2,1-2H3. The van der Waals surface area contributed by atoms with Crippen molar-refractivity contribution < 1.29 is 19.0 Å². The second-order valence-corrected chi connectivity index (χ2v) is 6.04. The summed E-state index contributed by atoms with van der Waals surface area (Å²) in [4.78, 5) is 13.0. The second kappa shape index (κ2) is 7.57. The van der Waals surface area contributed by atoms with Crippen molar-refractivity contribution in [1.29, 1.82) is 0 Å². The summed E-state index contributed by atoms with van der Waals surface area (Å²) in [6, 6.07) is 15.2. The molecule has 1 saturated heterocycles. The summed E-state index contributed by atoms with van der Waals surface area (Å²) < 4.78 is 16.8. The van der Waals surface area contributed by atoms with E-state index in [9.17, 15) is 4.79 Å². The molecule has 0 atom stereocenters. The first-order valence-corrected chi connectivity index (χ1v) is 8.41. The van der Waals surface area contributed by atoms with Crippen molar-refractivity contribution in [2.24, 2.45) is 0 Å². The zero-order valence-electron chi connectivity index (χ0n) is 14.6. The van der Waals surface area contributed by atoms with E-state index in [1.165, 1.54) is 14.2 Å². The average Bonchev–Trinajstić information content (AvgIpc) is 2.68. The summed E-state index contributed by atoms with van der Waals surface area (Å²) >= 11 is 0. The molecule has 1 aliphatic heterocycles. The number of carbonyl (C=O) groups is 1. The molecule has 0 amide bonds. The fourth-order valence-electron chi connectivity index (χ4n) is 3.30. The van der Waals surface area contributed by atoms with Crippen molar-refractivity contribution in [3.05, 3.63) is 59.7 Å². The monoisotopic (exact) mass is 341 g/mol. The van der Waals surface area contributed by atoms with E-state index in [1.807, 2.05) is 30.3 Å².